The van der Waals surface area contributed by atoms with Crippen LogP contribution in [0.25, 0.3) is 0 Å². The summed E-state index contributed by atoms with van der Waals surface area (Å²) in [6.45, 7) is 7.86. The van der Waals surface area contributed by atoms with Gasteiger partial charge < -0.3 is 25.4 Å². The van der Waals surface area contributed by atoms with E-state index in [1.807, 2.05) is 31.2 Å². The number of guanidine groups is 1. The molecule has 7 nitrogen and oxygen atoms in total. The molecule has 0 fully saturated rings. The highest BCUT2D eigenvalue weighted by Gasteiger charge is 2.24. The van der Waals surface area contributed by atoms with Crippen molar-refractivity contribution in [2.24, 2.45) is 4.99 Å². The van der Waals surface area contributed by atoms with Crippen LogP contribution in [0.3, 0.4) is 0 Å². The maximum atomic E-state index is 11.7. The van der Waals surface area contributed by atoms with Crippen LogP contribution in [0.4, 0.5) is 0 Å². The second-order valence-electron chi connectivity index (χ2n) is 7.50. The number of nitrogens with zero attached hydrogens (tertiary/aromatic N) is 2. The minimum Gasteiger partial charge on any atom is -0.484 e. The maximum Gasteiger partial charge on any atom is 0.259 e. The van der Waals surface area contributed by atoms with Crippen LogP contribution in [0.1, 0.15) is 52.0 Å². The summed E-state index contributed by atoms with van der Waals surface area (Å²) in [6, 6.07) is 7.58. The van der Waals surface area contributed by atoms with Gasteiger partial charge in [0, 0.05) is 27.2 Å². The van der Waals surface area contributed by atoms with Crippen LogP contribution in [0.15, 0.2) is 29.3 Å². The van der Waals surface area contributed by atoms with Gasteiger partial charge in [0.25, 0.3) is 5.91 Å². The number of rotatable bonds is 12. The van der Waals surface area contributed by atoms with Crippen LogP contribution in [-0.4, -0.2) is 61.3 Å². The van der Waals surface area contributed by atoms with Crippen LogP contribution in [0.5, 0.6) is 5.75 Å². The predicted molar refractivity (Wildman–Crippen MR) is 118 cm³/mol. The molecule has 0 atom stereocenters. The Bertz CT molecular complexity index is 641. The van der Waals surface area contributed by atoms with Crippen molar-refractivity contribution in [3.63, 3.8) is 0 Å². The maximum absolute atomic E-state index is 11.7. The summed E-state index contributed by atoms with van der Waals surface area (Å²) < 4.78 is 5.57. The van der Waals surface area contributed by atoms with Crippen LogP contribution < -0.4 is 15.4 Å². The zero-order valence-electron chi connectivity index (χ0n) is 18.6. The molecule has 1 amide bonds. The largest absolute Gasteiger partial charge is 0.484 e. The normalized spacial score (nSPS) is 11.9. The number of likely N-dealkylation sites (N-methyl/N-ethyl adjacent to an activating group) is 1. The number of amides is 1. The third-order valence-corrected chi connectivity index (χ3v) is 4.54. The Morgan fingerprint density at radius 3 is 2.45 bits per heavy atom. The summed E-state index contributed by atoms with van der Waals surface area (Å²) in [6.07, 6.45) is 3.40. The van der Waals surface area contributed by atoms with E-state index in [0.717, 1.165) is 37.8 Å². The second-order valence-corrected chi connectivity index (χ2v) is 7.50. The van der Waals surface area contributed by atoms with Gasteiger partial charge in [-0.15, -0.1) is 0 Å². The Balaban J connectivity index is 2.72. The Morgan fingerprint density at radius 1 is 1.17 bits per heavy atom. The molecule has 0 aliphatic carbocycles. The van der Waals surface area contributed by atoms with E-state index in [0.29, 0.717) is 24.8 Å². The van der Waals surface area contributed by atoms with Gasteiger partial charge in [-0.2, -0.15) is 0 Å². The van der Waals surface area contributed by atoms with Gasteiger partial charge in [-0.1, -0.05) is 38.8 Å². The number of hydrogen-bond donors (Lipinski definition) is 3. The molecule has 164 valence electrons. The molecule has 0 saturated heterocycles. The van der Waals surface area contributed by atoms with Crippen molar-refractivity contribution in [3.05, 3.63) is 29.8 Å². The van der Waals surface area contributed by atoms with E-state index < -0.39 is 5.60 Å². The van der Waals surface area contributed by atoms with Crippen molar-refractivity contribution >= 4 is 11.9 Å². The van der Waals surface area contributed by atoms with E-state index in [1.165, 1.54) is 4.90 Å². The minimum absolute atomic E-state index is 0.0113. The second kappa shape index (κ2) is 13.0. The molecule has 0 spiro atoms. The number of benzene rings is 1. The van der Waals surface area contributed by atoms with Crippen molar-refractivity contribution in [1.29, 1.82) is 0 Å². The molecule has 7 heteroatoms. The lowest BCUT2D eigenvalue weighted by atomic mass is 9.93. The lowest BCUT2D eigenvalue weighted by Crippen LogP contribution is -2.47. The number of aliphatic hydroxyl groups is 1. The van der Waals surface area contributed by atoms with Gasteiger partial charge in [0.1, 0.15) is 5.75 Å². The minimum atomic E-state index is -0.716. The topological polar surface area (TPSA) is 86.2 Å². The molecule has 0 bridgehead atoms. The summed E-state index contributed by atoms with van der Waals surface area (Å²) in [5.41, 5.74) is 0.265. The first-order chi connectivity index (χ1) is 13.8. The van der Waals surface area contributed by atoms with E-state index >= 15 is 0 Å². The highest BCUT2D eigenvalue weighted by atomic mass is 16.5. The molecule has 0 radical (unpaired) electrons. The third-order valence-electron chi connectivity index (χ3n) is 4.54. The fraction of sp³-hybridized carbons (Fsp3) is 0.636. The van der Waals surface area contributed by atoms with Crippen LogP contribution in [0, 0.1) is 0 Å². The first-order valence-corrected chi connectivity index (χ1v) is 10.5. The van der Waals surface area contributed by atoms with Crippen molar-refractivity contribution in [2.45, 2.75) is 58.6 Å². The lowest BCUT2D eigenvalue weighted by Gasteiger charge is -2.28. The van der Waals surface area contributed by atoms with Gasteiger partial charge in [-0.3, -0.25) is 4.79 Å². The Labute approximate surface area is 175 Å². The highest BCUT2D eigenvalue weighted by Crippen LogP contribution is 2.18. The van der Waals surface area contributed by atoms with E-state index in [9.17, 15) is 9.90 Å². The quantitative estimate of drug-likeness (QED) is 0.367. The van der Waals surface area contributed by atoms with E-state index in [4.69, 9.17) is 4.74 Å². The number of nitrogens with one attached hydrogen (secondary N) is 2. The molecule has 0 heterocycles. The summed E-state index contributed by atoms with van der Waals surface area (Å²) in [5, 5.41) is 17.3. The number of hydrogen-bond acceptors (Lipinski definition) is 4. The average molecular weight is 407 g/mol. The van der Waals surface area contributed by atoms with Crippen LogP contribution in [0.2, 0.25) is 0 Å². The van der Waals surface area contributed by atoms with Crippen molar-refractivity contribution in [2.75, 3.05) is 33.8 Å². The molecular weight excluding hydrogens is 368 g/mol. The number of ether oxygens (including phenoxy) is 1. The smallest absolute Gasteiger partial charge is 0.259 e. The molecule has 0 unspecified atom stereocenters. The van der Waals surface area contributed by atoms with Gasteiger partial charge in [-0.05, 0) is 37.5 Å². The number of carbonyl (C=O) groups is 1. The van der Waals surface area contributed by atoms with Crippen LogP contribution in [-0.2, 0) is 11.3 Å². The van der Waals surface area contributed by atoms with Crippen molar-refractivity contribution < 1.29 is 14.6 Å². The molecule has 0 aromatic heterocycles. The molecule has 29 heavy (non-hydrogen) atoms. The monoisotopic (exact) mass is 406 g/mol. The SMILES string of the molecule is CCCC(O)(CCC)CNC(=NCc1cccc(OCC(=O)N(C)C)c1)NCC. The molecule has 0 aliphatic heterocycles. The number of aliphatic imine (C=N–C) groups is 1. The zero-order valence-corrected chi connectivity index (χ0v) is 18.6. The van der Waals surface area contributed by atoms with E-state index in [2.05, 4.69) is 29.5 Å². The van der Waals surface area contributed by atoms with E-state index in [1.54, 1.807) is 14.1 Å². The predicted octanol–water partition coefficient (Wildman–Crippen LogP) is 2.54. The molecular formula is C22H38N4O3. The molecule has 1 rings (SSSR count). The average Bonchev–Trinajstić information content (AvgIpc) is 2.69. The molecule has 0 aliphatic rings. The fourth-order valence-corrected chi connectivity index (χ4v) is 3.00. The standard InChI is InChI=1S/C22H38N4O3/c1-6-12-22(28,13-7-2)17-25-21(23-8-3)24-15-18-10-9-11-19(14-18)29-16-20(27)26(4)5/h9-11,14,28H,6-8,12-13,15-17H2,1-5H3,(H2,23,24,25). The van der Waals surface area contributed by atoms with Gasteiger partial charge in [-0.25, -0.2) is 4.99 Å². The first kappa shape index (κ1) is 24.8. The molecule has 1 aromatic rings. The molecule has 3 N–H and O–H groups in total. The van der Waals surface area contributed by atoms with E-state index in [-0.39, 0.29) is 12.5 Å². The lowest BCUT2D eigenvalue weighted by molar-refractivity contribution is -0.130. The van der Waals surface area contributed by atoms with Crippen LogP contribution >= 0.6 is 0 Å². The Kier molecular flexibility index (Phi) is 11.1. The van der Waals surface area contributed by atoms with Gasteiger partial charge in [0.2, 0.25) is 0 Å². The Morgan fingerprint density at radius 2 is 1.86 bits per heavy atom. The summed E-state index contributed by atoms with van der Waals surface area (Å²) in [7, 11) is 3.41. The highest BCUT2D eigenvalue weighted by molar-refractivity contribution is 5.79. The molecule has 0 saturated carbocycles. The number of carbonyl (C=O) groups excluding carboxylic acids is 1. The third kappa shape index (κ3) is 9.65. The van der Waals surface area contributed by atoms with Gasteiger partial charge >= 0.3 is 0 Å². The summed E-state index contributed by atoms with van der Waals surface area (Å²) in [4.78, 5) is 17.8. The fourth-order valence-electron chi connectivity index (χ4n) is 3.00. The van der Waals surface area contributed by atoms with Gasteiger partial charge in [0.15, 0.2) is 12.6 Å². The summed E-state index contributed by atoms with van der Waals surface area (Å²) >= 11 is 0. The van der Waals surface area contributed by atoms with Crippen molar-refractivity contribution in [3.8, 4) is 5.75 Å². The Hall–Kier alpha value is -2.28. The summed E-state index contributed by atoms with van der Waals surface area (Å²) in [5.74, 6) is 1.23. The molecule has 1 aromatic carbocycles. The first-order valence-electron chi connectivity index (χ1n) is 10.5. The van der Waals surface area contributed by atoms with Crippen molar-refractivity contribution in [1.82, 2.24) is 15.5 Å². The van der Waals surface area contributed by atoms with Gasteiger partial charge in [0.05, 0.1) is 12.1 Å². The zero-order chi connectivity index (χ0) is 21.7.